The summed E-state index contributed by atoms with van der Waals surface area (Å²) in [6.45, 7) is 0. The smallest absolute Gasteiger partial charge is 0.137 e. The van der Waals surface area contributed by atoms with Crippen molar-refractivity contribution >= 4 is 55.9 Å². The minimum atomic E-state index is 0.815. The maximum absolute atomic E-state index is 4.85. The minimum Gasteiger partial charge on any atom is -0.295 e. The van der Waals surface area contributed by atoms with Crippen molar-refractivity contribution in [1.82, 2.24) is 19.9 Å². The van der Waals surface area contributed by atoms with Gasteiger partial charge in [0.25, 0.3) is 0 Å². The quantitative estimate of drug-likeness (QED) is 0.128. The predicted octanol–water partition coefficient (Wildman–Crippen LogP) is 15.2. The molecule has 6 heteroatoms. The van der Waals surface area contributed by atoms with Crippen molar-refractivity contribution in [1.29, 1.82) is 0 Å². The molecule has 7 aromatic carbocycles. The first kappa shape index (κ1) is 38.2. The third kappa shape index (κ3) is 7.29. The van der Waals surface area contributed by atoms with Crippen LogP contribution >= 0.6 is 0 Å². The summed E-state index contributed by atoms with van der Waals surface area (Å²) in [5.41, 5.74) is 13.1. The van der Waals surface area contributed by atoms with Crippen LogP contribution in [-0.2, 0) is 0 Å². The van der Waals surface area contributed by atoms with E-state index in [1.807, 2.05) is 97.8 Å². The molecule has 64 heavy (non-hydrogen) atoms. The topological polar surface area (TPSA) is 58.0 Å². The number of benzene rings is 7. The fourth-order valence-corrected chi connectivity index (χ4v) is 8.81. The highest BCUT2D eigenvalue weighted by molar-refractivity contribution is 6.22. The summed E-state index contributed by atoms with van der Waals surface area (Å²) in [7, 11) is 0. The van der Waals surface area contributed by atoms with Gasteiger partial charge in [-0.2, -0.15) is 0 Å². The monoisotopic (exact) mass is 820 g/mol. The van der Waals surface area contributed by atoms with Crippen LogP contribution in [0.15, 0.2) is 243 Å². The molecular formula is C58H40N6. The first-order valence-corrected chi connectivity index (χ1v) is 21.3. The summed E-state index contributed by atoms with van der Waals surface area (Å²) in [5, 5.41) is 4.51. The van der Waals surface area contributed by atoms with E-state index in [0.717, 1.165) is 78.2 Å². The van der Waals surface area contributed by atoms with E-state index in [0.29, 0.717) is 0 Å². The van der Waals surface area contributed by atoms with Gasteiger partial charge in [0, 0.05) is 48.6 Å². The van der Waals surface area contributed by atoms with Gasteiger partial charge in [0.2, 0.25) is 0 Å². The minimum absolute atomic E-state index is 0.815. The molecule has 0 aliphatic carbocycles. The van der Waals surface area contributed by atoms with E-state index in [4.69, 9.17) is 9.97 Å². The highest BCUT2D eigenvalue weighted by Gasteiger charge is 2.23. The predicted molar refractivity (Wildman–Crippen MR) is 264 cm³/mol. The van der Waals surface area contributed by atoms with Crippen molar-refractivity contribution in [2.45, 2.75) is 0 Å². The highest BCUT2D eigenvalue weighted by atomic mass is 15.2. The van der Waals surface area contributed by atoms with Crippen molar-refractivity contribution in [3.05, 3.63) is 243 Å². The summed E-state index contributed by atoms with van der Waals surface area (Å²) < 4.78 is 0. The Morgan fingerprint density at radius 2 is 0.609 bits per heavy atom. The van der Waals surface area contributed by atoms with Crippen molar-refractivity contribution in [2.75, 3.05) is 9.80 Å². The lowest BCUT2D eigenvalue weighted by atomic mass is 9.84. The third-order valence-corrected chi connectivity index (χ3v) is 11.8. The number of anilines is 6. The zero-order chi connectivity index (χ0) is 42.7. The van der Waals surface area contributed by atoms with Gasteiger partial charge in [-0.3, -0.25) is 19.8 Å². The molecule has 0 atom stereocenters. The van der Waals surface area contributed by atoms with Crippen molar-refractivity contribution in [3.63, 3.8) is 0 Å². The summed E-state index contributed by atoms with van der Waals surface area (Å²) in [4.78, 5) is 22.8. The van der Waals surface area contributed by atoms with Crippen LogP contribution in [0.3, 0.4) is 0 Å². The summed E-state index contributed by atoms with van der Waals surface area (Å²) in [5.74, 6) is 1.63. The molecular weight excluding hydrogens is 781 g/mol. The molecule has 11 rings (SSSR count). The van der Waals surface area contributed by atoms with Crippen molar-refractivity contribution in [2.24, 2.45) is 0 Å². The van der Waals surface area contributed by atoms with Crippen LogP contribution in [0, 0.1) is 0 Å². The van der Waals surface area contributed by atoms with Gasteiger partial charge in [-0.25, -0.2) is 9.97 Å². The van der Waals surface area contributed by atoms with E-state index >= 15 is 0 Å². The summed E-state index contributed by atoms with van der Waals surface area (Å²) >= 11 is 0. The number of pyridine rings is 4. The fourth-order valence-electron chi connectivity index (χ4n) is 8.81. The van der Waals surface area contributed by atoms with Crippen LogP contribution < -0.4 is 9.80 Å². The molecule has 11 aromatic rings. The van der Waals surface area contributed by atoms with Gasteiger partial charge in [-0.1, -0.05) is 133 Å². The lowest BCUT2D eigenvalue weighted by Crippen LogP contribution is -2.12. The number of aromatic nitrogens is 4. The lowest BCUT2D eigenvalue weighted by Gasteiger charge is -2.27. The van der Waals surface area contributed by atoms with Crippen molar-refractivity contribution < 1.29 is 0 Å². The highest BCUT2D eigenvalue weighted by Crippen LogP contribution is 2.48. The van der Waals surface area contributed by atoms with Gasteiger partial charge in [-0.15, -0.1) is 0 Å². The first-order valence-electron chi connectivity index (χ1n) is 21.3. The van der Waals surface area contributed by atoms with E-state index in [9.17, 15) is 0 Å². The van der Waals surface area contributed by atoms with Gasteiger partial charge < -0.3 is 0 Å². The summed E-state index contributed by atoms with van der Waals surface area (Å²) in [6.07, 6.45) is 11.0. The van der Waals surface area contributed by atoms with Crippen LogP contribution in [0.2, 0.25) is 0 Å². The zero-order valence-electron chi connectivity index (χ0n) is 34.8. The Bertz CT molecular complexity index is 3020. The molecule has 0 N–H and O–H groups in total. The Morgan fingerprint density at radius 1 is 0.250 bits per heavy atom. The number of rotatable bonds is 10. The molecule has 4 heterocycles. The van der Waals surface area contributed by atoms with Crippen LogP contribution in [0.5, 0.6) is 0 Å². The standard InChI is InChI=1S/C58H40N6/c1-3-11-41(12-4-1)43-17-21-45(22-18-43)57-51-27-25-50(64(48-31-37-60-38-32-48)56-16-8-10-34-62-56)40-54(51)58(46-23-19-44(20-24-46)42-13-5-2-6-14-42)52-28-26-49(39-53(52)57)63(47-29-35-59-36-30-47)55-15-7-9-33-61-55/h1-40H. The van der Waals surface area contributed by atoms with Crippen LogP contribution in [-0.4, -0.2) is 19.9 Å². The number of nitrogens with zero attached hydrogens (tertiary/aromatic N) is 6. The van der Waals surface area contributed by atoms with Crippen LogP contribution in [0.25, 0.3) is 66.1 Å². The Hall–Kier alpha value is -8.74. The normalized spacial score (nSPS) is 11.1. The Morgan fingerprint density at radius 3 is 0.984 bits per heavy atom. The molecule has 0 fully saturated rings. The summed E-state index contributed by atoms with van der Waals surface area (Å²) in [6, 6.07) is 72.9. The second-order valence-electron chi connectivity index (χ2n) is 15.6. The van der Waals surface area contributed by atoms with E-state index in [-0.39, 0.29) is 0 Å². The maximum Gasteiger partial charge on any atom is 0.137 e. The molecule has 0 aliphatic rings. The van der Waals surface area contributed by atoms with Gasteiger partial charge in [0.05, 0.1) is 11.4 Å². The van der Waals surface area contributed by atoms with E-state index in [1.54, 1.807) is 0 Å². The Kier molecular flexibility index (Phi) is 10.1. The van der Waals surface area contributed by atoms with Crippen molar-refractivity contribution in [3.8, 4) is 44.5 Å². The molecule has 0 spiro atoms. The number of fused-ring (bicyclic) bond motifs is 2. The van der Waals surface area contributed by atoms with Gasteiger partial charge in [-0.05, 0) is 139 Å². The van der Waals surface area contributed by atoms with Crippen LogP contribution in [0.4, 0.5) is 34.4 Å². The largest absolute Gasteiger partial charge is 0.295 e. The second-order valence-corrected chi connectivity index (χ2v) is 15.6. The molecule has 0 unspecified atom stereocenters. The van der Waals surface area contributed by atoms with Gasteiger partial charge in [0.1, 0.15) is 11.6 Å². The average molecular weight is 821 g/mol. The molecule has 4 aromatic heterocycles. The van der Waals surface area contributed by atoms with Gasteiger partial charge >= 0.3 is 0 Å². The number of hydrogen-bond donors (Lipinski definition) is 0. The average Bonchev–Trinajstić information content (AvgIpc) is 3.38. The molecule has 0 radical (unpaired) electrons. The van der Waals surface area contributed by atoms with E-state index in [2.05, 4.69) is 165 Å². The Balaban J connectivity index is 1.22. The fraction of sp³-hybridized carbons (Fsp3) is 0. The van der Waals surface area contributed by atoms with Crippen LogP contribution in [0.1, 0.15) is 0 Å². The SMILES string of the molecule is c1ccc(-c2ccc(-c3c4ccc(N(c5ccncc5)c5ccccn5)cc4c(-c4ccc(-c5ccccc5)cc4)c4ccc(N(c5ccncc5)c5ccccn5)cc34)cc2)cc1. The molecule has 0 saturated carbocycles. The third-order valence-electron chi connectivity index (χ3n) is 11.8. The molecule has 0 saturated heterocycles. The molecule has 6 nitrogen and oxygen atoms in total. The lowest BCUT2D eigenvalue weighted by molar-refractivity contribution is 1.17. The maximum atomic E-state index is 4.85. The second kappa shape index (κ2) is 17.0. The molecule has 302 valence electrons. The molecule has 0 amide bonds. The number of hydrogen-bond acceptors (Lipinski definition) is 6. The first-order chi connectivity index (χ1) is 31.8. The molecule has 0 aliphatic heterocycles. The van der Waals surface area contributed by atoms with Gasteiger partial charge in [0.15, 0.2) is 0 Å². The van der Waals surface area contributed by atoms with E-state index in [1.165, 1.54) is 22.3 Å². The Labute approximate surface area is 372 Å². The zero-order valence-corrected chi connectivity index (χ0v) is 34.8. The molecule has 0 bridgehead atoms. The van der Waals surface area contributed by atoms with E-state index < -0.39 is 0 Å².